The van der Waals surface area contributed by atoms with Gasteiger partial charge in [-0.15, -0.1) is 0 Å². The van der Waals surface area contributed by atoms with Crippen LogP contribution in [-0.2, 0) is 27.5 Å². The Hall–Kier alpha value is -4.33. The zero-order chi connectivity index (χ0) is 25.5. The third kappa shape index (κ3) is 5.83. The first-order chi connectivity index (χ1) is 17.4. The van der Waals surface area contributed by atoms with Gasteiger partial charge in [0, 0.05) is 19.5 Å². The van der Waals surface area contributed by atoms with Crippen LogP contribution in [0.1, 0.15) is 29.0 Å². The number of anilines is 1. The topological polar surface area (TPSA) is 96.4 Å². The molecule has 1 unspecified atom stereocenters. The highest BCUT2D eigenvalue weighted by Gasteiger charge is 2.38. The lowest BCUT2D eigenvalue weighted by molar-refractivity contribution is -0.142. The second kappa shape index (κ2) is 11.4. The Morgan fingerprint density at radius 1 is 0.889 bits per heavy atom. The van der Waals surface area contributed by atoms with Crippen molar-refractivity contribution < 1.29 is 29.0 Å². The molecule has 0 bridgehead atoms. The van der Waals surface area contributed by atoms with E-state index in [1.807, 2.05) is 84.9 Å². The minimum Gasteiger partial charge on any atom is -0.480 e. The van der Waals surface area contributed by atoms with Gasteiger partial charge in [0.05, 0.1) is 5.69 Å². The van der Waals surface area contributed by atoms with Crippen molar-refractivity contribution in [2.24, 2.45) is 0 Å². The molecule has 36 heavy (non-hydrogen) atoms. The molecule has 2 amide bonds. The third-order valence-corrected chi connectivity index (χ3v) is 6.25. The van der Waals surface area contributed by atoms with Crippen LogP contribution in [-0.4, -0.2) is 47.8 Å². The molecule has 3 aromatic rings. The maximum absolute atomic E-state index is 12.9. The van der Waals surface area contributed by atoms with Crippen LogP contribution in [0, 0.1) is 0 Å². The molecule has 186 valence electrons. The Balaban J connectivity index is 1.43. The van der Waals surface area contributed by atoms with Gasteiger partial charge in [0.15, 0.2) is 0 Å². The van der Waals surface area contributed by atoms with Crippen molar-refractivity contribution >= 4 is 23.8 Å². The number of fused-ring (bicyclic) bond motifs is 1. The number of ether oxygens (including phenoxy) is 2. The fourth-order valence-electron chi connectivity index (χ4n) is 4.31. The standard InChI is InChI=1S/C28H28N2O6/c1-29(27(33)35-18-20-10-4-2-5-11-20)25(26(31)32)16-22-17-30(24-15-9-8-14-23(22)24)28(34)36-19-21-12-6-3-7-13-21/h2-15,22,25H,16-19H2,1H3,(H,31,32)/t22?,25-/m0/s1. The predicted octanol–water partition coefficient (Wildman–Crippen LogP) is 5.04. The first-order valence-electron chi connectivity index (χ1n) is 11.7. The predicted molar refractivity (Wildman–Crippen MR) is 134 cm³/mol. The molecule has 1 N–H and O–H groups in total. The van der Waals surface area contributed by atoms with Crippen LogP contribution in [0.5, 0.6) is 0 Å². The lowest BCUT2D eigenvalue weighted by Gasteiger charge is -2.26. The van der Waals surface area contributed by atoms with Crippen LogP contribution in [0.2, 0.25) is 0 Å². The maximum Gasteiger partial charge on any atom is 0.414 e. The van der Waals surface area contributed by atoms with E-state index in [1.165, 1.54) is 11.9 Å². The average molecular weight is 489 g/mol. The monoisotopic (exact) mass is 488 g/mol. The molecule has 8 nitrogen and oxygen atoms in total. The molecule has 0 fully saturated rings. The summed E-state index contributed by atoms with van der Waals surface area (Å²) in [6.07, 6.45) is -1.11. The van der Waals surface area contributed by atoms with E-state index in [4.69, 9.17) is 9.47 Å². The van der Waals surface area contributed by atoms with Crippen LogP contribution in [0.4, 0.5) is 15.3 Å². The Morgan fingerprint density at radius 3 is 2.06 bits per heavy atom. The molecule has 8 heteroatoms. The second-order valence-corrected chi connectivity index (χ2v) is 8.65. The molecule has 2 atom stereocenters. The van der Waals surface area contributed by atoms with Gasteiger partial charge in [-0.05, 0) is 29.2 Å². The van der Waals surface area contributed by atoms with Crippen molar-refractivity contribution in [3.8, 4) is 0 Å². The first-order valence-corrected chi connectivity index (χ1v) is 11.7. The number of rotatable bonds is 8. The summed E-state index contributed by atoms with van der Waals surface area (Å²) in [6.45, 7) is 0.435. The van der Waals surface area contributed by atoms with Gasteiger partial charge in [-0.25, -0.2) is 14.4 Å². The zero-order valence-electron chi connectivity index (χ0n) is 19.9. The van der Waals surface area contributed by atoms with Crippen LogP contribution in [0.25, 0.3) is 0 Å². The molecule has 0 radical (unpaired) electrons. The van der Waals surface area contributed by atoms with Crippen molar-refractivity contribution in [1.29, 1.82) is 0 Å². The number of carbonyl (C=O) groups excluding carboxylic acids is 2. The summed E-state index contributed by atoms with van der Waals surface area (Å²) in [7, 11) is 1.42. The summed E-state index contributed by atoms with van der Waals surface area (Å²) in [6, 6.07) is 24.8. The van der Waals surface area contributed by atoms with E-state index in [0.717, 1.165) is 21.6 Å². The third-order valence-electron chi connectivity index (χ3n) is 6.25. The van der Waals surface area contributed by atoms with E-state index < -0.39 is 24.2 Å². The summed E-state index contributed by atoms with van der Waals surface area (Å²) in [5.41, 5.74) is 3.20. The number of carboxylic acids is 1. The summed E-state index contributed by atoms with van der Waals surface area (Å²) in [5.74, 6) is -1.44. The lowest BCUT2D eigenvalue weighted by atomic mass is 9.93. The molecule has 4 rings (SSSR count). The Bertz CT molecular complexity index is 1200. The molecule has 0 saturated carbocycles. The van der Waals surface area contributed by atoms with Crippen LogP contribution in [0.3, 0.4) is 0 Å². The van der Waals surface area contributed by atoms with Crippen LogP contribution in [0.15, 0.2) is 84.9 Å². The van der Waals surface area contributed by atoms with E-state index in [-0.39, 0.29) is 32.1 Å². The number of amides is 2. The van der Waals surface area contributed by atoms with Gasteiger partial charge >= 0.3 is 18.2 Å². The van der Waals surface area contributed by atoms with Crippen LogP contribution < -0.4 is 4.90 Å². The average Bonchev–Trinajstić information content (AvgIpc) is 3.28. The SMILES string of the molecule is CN(C(=O)OCc1ccccc1)[C@@H](CC1CN(C(=O)OCc2ccccc2)c2ccccc21)C(=O)O. The van der Waals surface area contributed by atoms with Gasteiger partial charge in [0.1, 0.15) is 19.3 Å². The Kier molecular flexibility index (Phi) is 7.85. The van der Waals surface area contributed by atoms with Gasteiger partial charge in [-0.1, -0.05) is 78.9 Å². The number of hydrogen-bond donors (Lipinski definition) is 1. The molecule has 0 aliphatic carbocycles. The smallest absolute Gasteiger partial charge is 0.414 e. The number of benzene rings is 3. The fraction of sp³-hybridized carbons (Fsp3) is 0.250. The van der Waals surface area contributed by atoms with Gasteiger partial charge in [-0.2, -0.15) is 0 Å². The molecule has 3 aromatic carbocycles. The number of carboxylic acid groups (broad SMARTS) is 1. The molecule has 0 saturated heterocycles. The Morgan fingerprint density at radius 2 is 1.44 bits per heavy atom. The number of hydrogen-bond acceptors (Lipinski definition) is 5. The number of para-hydroxylation sites is 1. The number of likely N-dealkylation sites (N-methyl/N-ethyl adjacent to an activating group) is 1. The van der Waals surface area contributed by atoms with Crippen molar-refractivity contribution in [3.63, 3.8) is 0 Å². The lowest BCUT2D eigenvalue weighted by Crippen LogP contribution is -2.44. The summed E-state index contributed by atoms with van der Waals surface area (Å²) in [4.78, 5) is 40.3. The summed E-state index contributed by atoms with van der Waals surface area (Å²) < 4.78 is 10.8. The molecule has 1 heterocycles. The molecule has 0 aromatic heterocycles. The molecule has 1 aliphatic heterocycles. The van der Waals surface area contributed by atoms with Gasteiger partial charge in [0.2, 0.25) is 0 Å². The van der Waals surface area contributed by atoms with E-state index in [9.17, 15) is 19.5 Å². The van der Waals surface area contributed by atoms with Gasteiger partial charge in [-0.3, -0.25) is 9.80 Å². The highest BCUT2D eigenvalue weighted by molar-refractivity contribution is 5.91. The normalized spacial score (nSPS) is 15.0. The van der Waals surface area contributed by atoms with Crippen molar-refractivity contribution in [3.05, 3.63) is 102 Å². The first kappa shape index (κ1) is 24.8. The highest BCUT2D eigenvalue weighted by Crippen LogP contribution is 2.39. The quantitative estimate of drug-likeness (QED) is 0.477. The number of carbonyl (C=O) groups is 3. The molecular weight excluding hydrogens is 460 g/mol. The van der Waals surface area contributed by atoms with Crippen molar-refractivity contribution in [2.45, 2.75) is 31.6 Å². The van der Waals surface area contributed by atoms with E-state index in [2.05, 4.69) is 0 Å². The summed E-state index contributed by atoms with van der Waals surface area (Å²) in [5, 5.41) is 9.92. The van der Waals surface area contributed by atoms with Crippen LogP contribution >= 0.6 is 0 Å². The van der Waals surface area contributed by atoms with E-state index >= 15 is 0 Å². The maximum atomic E-state index is 12.9. The molecule has 1 aliphatic rings. The van der Waals surface area contributed by atoms with Crippen molar-refractivity contribution in [2.75, 3.05) is 18.5 Å². The fourth-order valence-corrected chi connectivity index (χ4v) is 4.31. The van der Waals surface area contributed by atoms with E-state index in [1.54, 1.807) is 0 Å². The second-order valence-electron chi connectivity index (χ2n) is 8.65. The molecular formula is C28H28N2O6. The summed E-state index contributed by atoms with van der Waals surface area (Å²) >= 11 is 0. The minimum absolute atomic E-state index is 0.0453. The zero-order valence-corrected chi connectivity index (χ0v) is 19.9. The highest BCUT2D eigenvalue weighted by atomic mass is 16.6. The number of aliphatic carboxylic acids is 1. The van der Waals surface area contributed by atoms with E-state index in [0.29, 0.717) is 5.69 Å². The minimum atomic E-state index is -1.14. The largest absolute Gasteiger partial charge is 0.480 e. The Labute approximate surface area is 209 Å². The number of nitrogens with zero attached hydrogens (tertiary/aromatic N) is 2. The van der Waals surface area contributed by atoms with Crippen molar-refractivity contribution in [1.82, 2.24) is 4.90 Å². The van der Waals surface area contributed by atoms with Gasteiger partial charge in [0.25, 0.3) is 0 Å². The molecule has 0 spiro atoms. The van der Waals surface area contributed by atoms with Gasteiger partial charge < -0.3 is 14.6 Å².